The third-order valence-electron chi connectivity index (χ3n) is 3.32. The van der Waals surface area contributed by atoms with Gasteiger partial charge >= 0.3 is 0 Å². The van der Waals surface area contributed by atoms with Crippen LogP contribution in [0.4, 0.5) is 0 Å². The zero-order chi connectivity index (χ0) is 13.9. The molecule has 0 fully saturated rings. The normalized spacial score (nSPS) is 12.4. The van der Waals surface area contributed by atoms with Crippen molar-refractivity contribution in [3.05, 3.63) is 29.8 Å². The number of hydrogen-bond donors (Lipinski definition) is 1. The van der Waals surface area contributed by atoms with E-state index >= 15 is 0 Å². The molecule has 108 valence electrons. The smallest absolute Gasteiger partial charge is 0.119 e. The molecule has 1 unspecified atom stereocenters. The molecule has 1 atom stereocenters. The van der Waals surface area contributed by atoms with Crippen molar-refractivity contribution in [1.29, 1.82) is 0 Å². The Labute approximate surface area is 118 Å². The first kappa shape index (κ1) is 16.0. The lowest BCUT2D eigenvalue weighted by molar-refractivity contribution is 0.257. The molecule has 1 rings (SSSR count). The monoisotopic (exact) mass is 263 g/mol. The summed E-state index contributed by atoms with van der Waals surface area (Å²) in [5, 5.41) is 3.47. The van der Waals surface area contributed by atoms with Gasteiger partial charge in [0, 0.05) is 6.04 Å². The van der Waals surface area contributed by atoms with Gasteiger partial charge in [-0.15, -0.1) is 0 Å². The molecular formula is C17H29NO. The molecular weight excluding hydrogens is 234 g/mol. The van der Waals surface area contributed by atoms with Crippen LogP contribution in [-0.4, -0.2) is 19.2 Å². The molecule has 2 nitrogen and oxygen atoms in total. The lowest BCUT2D eigenvalue weighted by Crippen LogP contribution is -2.34. The summed E-state index contributed by atoms with van der Waals surface area (Å²) in [4.78, 5) is 0. The van der Waals surface area contributed by atoms with E-state index in [0.29, 0.717) is 6.04 Å². The average Bonchev–Trinajstić information content (AvgIpc) is 2.44. The topological polar surface area (TPSA) is 21.3 Å². The van der Waals surface area contributed by atoms with Crippen molar-refractivity contribution in [3.63, 3.8) is 0 Å². The molecule has 0 bridgehead atoms. The molecule has 0 radical (unpaired) electrons. The summed E-state index contributed by atoms with van der Waals surface area (Å²) in [5.41, 5.74) is 1.41. The van der Waals surface area contributed by atoms with E-state index in [-0.39, 0.29) is 0 Å². The van der Waals surface area contributed by atoms with Crippen LogP contribution in [-0.2, 0) is 6.42 Å². The van der Waals surface area contributed by atoms with Crippen LogP contribution in [0.15, 0.2) is 24.3 Å². The highest BCUT2D eigenvalue weighted by molar-refractivity contribution is 5.27. The Morgan fingerprint density at radius 2 is 1.79 bits per heavy atom. The number of rotatable bonds is 10. The molecule has 0 aliphatic rings. The second-order valence-corrected chi connectivity index (χ2v) is 5.10. The first-order chi connectivity index (χ1) is 9.30. The molecule has 0 aliphatic carbocycles. The van der Waals surface area contributed by atoms with Crippen LogP contribution in [0.3, 0.4) is 0 Å². The average molecular weight is 263 g/mol. The van der Waals surface area contributed by atoms with Crippen LogP contribution in [0.2, 0.25) is 0 Å². The van der Waals surface area contributed by atoms with E-state index in [4.69, 9.17) is 4.74 Å². The van der Waals surface area contributed by atoms with Crippen molar-refractivity contribution in [2.45, 2.75) is 58.9 Å². The fourth-order valence-corrected chi connectivity index (χ4v) is 2.21. The number of likely N-dealkylation sites (N-methyl/N-ethyl adjacent to an activating group) is 1. The first-order valence-corrected chi connectivity index (χ1v) is 7.75. The summed E-state index contributed by atoms with van der Waals surface area (Å²) in [6.07, 6.45) is 6.05. The minimum atomic E-state index is 0.467. The Kier molecular flexibility index (Phi) is 8.31. The van der Waals surface area contributed by atoms with Crippen molar-refractivity contribution >= 4 is 0 Å². The molecule has 19 heavy (non-hydrogen) atoms. The Bertz CT molecular complexity index is 315. The predicted molar refractivity (Wildman–Crippen MR) is 82.9 cm³/mol. The third kappa shape index (κ3) is 6.63. The second kappa shape index (κ2) is 9.85. The standard InChI is InChI=1S/C17H29NO/c1-4-7-9-15-10-12-17(13-11-15)19-14-16(8-5-2)18-6-3/h10-13,16,18H,4-9,14H2,1-3H3. The van der Waals surface area contributed by atoms with Crippen LogP contribution >= 0.6 is 0 Å². The van der Waals surface area contributed by atoms with Gasteiger partial charge in [0.1, 0.15) is 12.4 Å². The summed E-state index contributed by atoms with van der Waals surface area (Å²) in [6, 6.07) is 9.04. The summed E-state index contributed by atoms with van der Waals surface area (Å²) in [6.45, 7) is 8.35. The largest absolute Gasteiger partial charge is 0.492 e. The van der Waals surface area contributed by atoms with Crippen LogP contribution in [0.1, 0.15) is 52.0 Å². The van der Waals surface area contributed by atoms with E-state index < -0.39 is 0 Å². The maximum absolute atomic E-state index is 5.87. The fraction of sp³-hybridized carbons (Fsp3) is 0.647. The van der Waals surface area contributed by atoms with E-state index in [1.54, 1.807) is 0 Å². The van der Waals surface area contributed by atoms with E-state index in [0.717, 1.165) is 18.9 Å². The summed E-state index contributed by atoms with van der Waals surface area (Å²) in [5.74, 6) is 0.985. The zero-order valence-corrected chi connectivity index (χ0v) is 12.7. The van der Waals surface area contributed by atoms with Gasteiger partial charge in [0.25, 0.3) is 0 Å². The molecule has 0 amide bonds. The molecule has 0 aliphatic heterocycles. The number of ether oxygens (including phenoxy) is 1. The van der Waals surface area contributed by atoms with Crippen LogP contribution in [0, 0.1) is 0 Å². The van der Waals surface area contributed by atoms with Gasteiger partial charge in [0.05, 0.1) is 0 Å². The van der Waals surface area contributed by atoms with E-state index in [2.05, 4.69) is 50.4 Å². The molecule has 0 aromatic heterocycles. The summed E-state index contributed by atoms with van der Waals surface area (Å²) >= 11 is 0. The summed E-state index contributed by atoms with van der Waals surface area (Å²) in [7, 11) is 0. The molecule has 2 heteroatoms. The van der Waals surface area contributed by atoms with Gasteiger partial charge in [-0.25, -0.2) is 0 Å². The lowest BCUT2D eigenvalue weighted by atomic mass is 10.1. The minimum absolute atomic E-state index is 0.467. The predicted octanol–water partition coefficient (Wildman–Crippen LogP) is 4.19. The summed E-state index contributed by atoms with van der Waals surface area (Å²) < 4.78 is 5.87. The maximum Gasteiger partial charge on any atom is 0.119 e. The molecule has 1 aromatic carbocycles. The third-order valence-corrected chi connectivity index (χ3v) is 3.32. The van der Waals surface area contributed by atoms with Crippen LogP contribution in [0.5, 0.6) is 5.75 Å². The minimum Gasteiger partial charge on any atom is -0.492 e. The van der Waals surface area contributed by atoms with E-state index in [9.17, 15) is 0 Å². The van der Waals surface area contributed by atoms with Crippen molar-refractivity contribution in [2.75, 3.05) is 13.2 Å². The van der Waals surface area contributed by atoms with Gasteiger partial charge in [0.2, 0.25) is 0 Å². The van der Waals surface area contributed by atoms with Gasteiger partial charge in [-0.05, 0) is 43.5 Å². The van der Waals surface area contributed by atoms with Crippen molar-refractivity contribution in [3.8, 4) is 5.75 Å². The molecule has 0 saturated carbocycles. The van der Waals surface area contributed by atoms with E-state index in [1.165, 1.54) is 37.7 Å². The highest BCUT2D eigenvalue weighted by atomic mass is 16.5. The van der Waals surface area contributed by atoms with Gasteiger partial charge in [-0.3, -0.25) is 0 Å². The second-order valence-electron chi connectivity index (χ2n) is 5.10. The van der Waals surface area contributed by atoms with Gasteiger partial charge in [-0.1, -0.05) is 45.7 Å². The SMILES string of the molecule is CCCCc1ccc(OCC(CCC)NCC)cc1. The highest BCUT2D eigenvalue weighted by Gasteiger charge is 2.06. The number of nitrogens with one attached hydrogen (secondary N) is 1. The lowest BCUT2D eigenvalue weighted by Gasteiger charge is -2.17. The fourth-order valence-electron chi connectivity index (χ4n) is 2.21. The first-order valence-electron chi connectivity index (χ1n) is 7.75. The molecule has 0 spiro atoms. The Hall–Kier alpha value is -1.02. The van der Waals surface area contributed by atoms with Crippen LogP contribution in [0.25, 0.3) is 0 Å². The number of benzene rings is 1. The molecule has 0 heterocycles. The quantitative estimate of drug-likeness (QED) is 0.683. The van der Waals surface area contributed by atoms with Crippen molar-refractivity contribution in [1.82, 2.24) is 5.32 Å². The Balaban J connectivity index is 2.39. The van der Waals surface area contributed by atoms with Crippen molar-refractivity contribution < 1.29 is 4.74 Å². The van der Waals surface area contributed by atoms with Gasteiger partial charge in [0.15, 0.2) is 0 Å². The van der Waals surface area contributed by atoms with Gasteiger partial charge < -0.3 is 10.1 Å². The van der Waals surface area contributed by atoms with E-state index in [1.807, 2.05) is 0 Å². The number of unbranched alkanes of at least 4 members (excludes halogenated alkanes) is 1. The molecule has 1 aromatic rings. The van der Waals surface area contributed by atoms with Crippen LogP contribution < -0.4 is 10.1 Å². The number of hydrogen-bond acceptors (Lipinski definition) is 2. The zero-order valence-electron chi connectivity index (χ0n) is 12.7. The highest BCUT2D eigenvalue weighted by Crippen LogP contribution is 2.14. The molecule has 0 saturated heterocycles. The maximum atomic E-state index is 5.87. The Morgan fingerprint density at radius 1 is 1.05 bits per heavy atom. The molecule has 1 N–H and O–H groups in total. The number of aryl methyl sites for hydroxylation is 1. The van der Waals surface area contributed by atoms with Gasteiger partial charge in [-0.2, -0.15) is 0 Å². The van der Waals surface area contributed by atoms with Crippen molar-refractivity contribution in [2.24, 2.45) is 0 Å². The Morgan fingerprint density at radius 3 is 2.37 bits per heavy atom.